The van der Waals surface area contributed by atoms with Crippen LogP contribution in [0.1, 0.15) is 34.5 Å². The molecule has 1 unspecified atom stereocenters. The van der Waals surface area contributed by atoms with Gasteiger partial charge in [-0.3, -0.25) is 9.59 Å². The highest BCUT2D eigenvalue weighted by Gasteiger charge is 2.29. The Labute approximate surface area is 144 Å². The number of anilines is 1. The highest BCUT2D eigenvalue weighted by molar-refractivity contribution is 6.09. The second kappa shape index (κ2) is 5.48. The molecule has 5 nitrogen and oxygen atoms in total. The van der Waals surface area contributed by atoms with Gasteiger partial charge < -0.3 is 15.0 Å². The number of aryl methyl sites for hydroxylation is 1. The average Bonchev–Trinajstić information content (AvgIpc) is 2.92. The molecule has 0 fully saturated rings. The number of aromatic hydroxyl groups is 1. The van der Waals surface area contributed by atoms with Crippen molar-refractivity contribution in [3.8, 4) is 5.75 Å². The zero-order valence-electron chi connectivity index (χ0n) is 14.0. The molecule has 1 aliphatic heterocycles. The van der Waals surface area contributed by atoms with Crippen molar-refractivity contribution in [1.29, 1.82) is 0 Å². The second-order valence-corrected chi connectivity index (χ2v) is 6.59. The fourth-order valence-electron chi connectivity index (χ4n) is 3.55. The third kappa shape index (κ3) is 2.31. The topological polar surface area (TPSA) is 71.3 Å². The molecule has 0 spiro atoms. The van der Waals surface area contributed by atoms with Gasteiger partial charge in [-0.25, -0.2) is 0 Å². The van der Waals surface area contributed by atoms with Crippen molar-refractivity contribution in [2.45, 2.75) is 26.3 Å². The SMILES string of the molecule is Cc1ccc(NC(=O)c2c(O)c3cccc4c3n(c2=O)C(C)C4)cc1. The van der Waals surface area contributed by atoms with E-state index in [1.165, 1.54) is 0 Å². The van der Waals surface area contributed by atoms with Gasteiger partial charge in [0.2, 0.25) is 0 Å². The van der Waals surface area contributed by atoms with Gasteiger partial charge in [-0.2, -0.15) is 0 Å². The molecule has 126 valence electrons. The van der Waals surface area contributed by atoms with Gasteiger partial charge in [0.25, 0.3) is 11.5 Å². The van der Waals surface area contributed by atoms with E-state index in [2.05, 4.69) is 5.32 Å². The zero-order chi connectivity index (χ0) is 17.7. The summed E-state index contributed by atoms with van der Waals surface area (Å²) in [6.07, 6.45) is 0.717. The molecular weight excluding hydrogens is 316 g/mol. The zero-order valence-corrected chi connectivity index (χ0v) is 14.0. The van der Waals surface area contributed by atoms with Gasteiger partial charge in [0.05, 0.1) is 5.52 Å². The van der Waals surface area contributed by atoms with E-state index in [0.717, 1.165) is 23.1 Å². The summed E-state index contributed by atoms with van der Waals surface area (Å²) in [5, 5.41) is 13.9. The minimum atomic E-state index is -0.596. The van der Waals surface area contributed by atoms with E-state index in [1.807, 2.05) is 38.1 Å². The number of nitrogens with zero attached hydrogens (tertiary/aromatic N) is 1. The van der Waals surface area contributed by atoms with Gasteiger partial charge >= 0.3 is 0 Å². The van der Waals surface area contributed by atoms with E-state index < -0.39 is 11.5 Å². The van der Waals surface area contributed by atoms with Crippen LogP contribution in [-0.4, -0.2) is 15.6 Å². The molecule has 0 saturated carbocycles. The first-order valence-electron chi connectivity index (χ1n) is 8.24. The molecule has 1 aliphatic rings. The van der Waals surface area contributed by atoms with Crippen LogP contribution in [0, 0.1) is 6.92 Å². The van der Waals surface area contributed by atoms with E-state index in [4.69, 9.17) is 0 Å². The highest BCUT2D eigenvalue weighted by Crippen LogP contribution is 2.36. The molecule has 1 aromatic heterocycles. The van der Waals surface area contributed by atoms with Crippen LogP contribution in [-0.2, 0) is 6.42 Å². The van der Waals surface area contributed by atoms with Crippen LogP contribution in [0.25, 0.3) is 10.9 Å². The predicted molar refractivity (Wildman–Crippen MR) is 97.4 cm³/mol. The van der Waals surface area contributed by atoms with Gasteiger partial charge in [0, 0.05) is 17.1 Å². The molecular formula is C20H18N2O3. The molecule has 1 amide bonds. The summed E-state index contributed by atoms with van der Waals surface area (Å²) in [6, 6.07) is 12.8. The van der Waals surface area contributed by atoms with E-state index in [1.54, 1.807) is 22.8 Å². The maximum atomic E-state index is 12.9. The summed E-state index contributed by atoms with van der Waals surface area (Å²) >= 11 is 0. The minimum absolute atomic E-state index is 0.0427. The van der Waals surface area contributed by atoms with Crippen LogP contribution >= 0.6 is 0 Å². The van der Waals surface area contributed by atoms with Crippen molar-refractivity contribution < 1.29 is 9.90 Å². The van der Waals surface area contributed by atoms with Crippen molar-refractivity contribution >= 4 is 22.5 Å². The van der Waals surface area contributed by atoms with Crippen LogP contribution < -0.4 is 10.9 Å². The molecule has 2 aromatic carbocycles. The predicted octanol–water partition coefficient (Wildman–Crippen LogP) is 3.38. The van der Waals surface area contributed by atoms with E-state index >= 15 is 0 Å². The van der Waals surface area contributed by atoms with Crippen molar-refractivity contribution in [1.82, 2.24) is 4.57 Å². The van der Waals surface area contributed by atoms with Gasteiger partial charge in [-0.05, 0) is 44.0 Å². The molecule has 0 aliphatic carbocycles. The first-order chi connectivity index (χ1) is 12.0. The molecule has 0 bridgehead atoms. The lowest BCUT2D eigenvalue weighted by molar-refractivity contribution is 0.102. The highest BCUT2D eigenvalue weighted by atomic mass is 16.3. The molecule has 1 atom stereocenters. The number of aromatic nitrogens is 1. The Hall–Kier alpha value is -3.08. The minimum Gasteiger partial charge on any atom is -0.506 e. The lowest BCUT2D eigenvalue weighted by Crippen LogP contribution is -2.30. The number of carbonyl (C=O) groups is 1. The number of para-hydroxylation sites is 1. The Kier molecular flexibility index (Phi) is 3.39. The normalized spacial score (nSPS) is 15.5. The number of hydrogen-bond acceptors (Lipinski definition) is 3. The monoisotopic (exact) mass is 334 g/mol. The van der Waals surface area contributed by atoms with Crippen LogP contribution in [0.15, 0.2) is 47.3 Å². The fraction of sp³-hybridized carbons (Fsp3) is 0.200. The lowest BCUT2D eigenvalue weighted by atomic mass is 10.1. The summed E-state index contributed by atoms with van der Waals surface area (Å²) in [7, 11) is 0. The number of benzene rings is 2. The second-order valence-electron chi connectivity index (χ2n) is 6.59. The Morgan fingerprint density at radius 2 is 1.92 bits per heavy atom. The summed E-state index contributed by atoms with van der Waals surface area (Å²) in [5.74, 6) is -0.849. The number of pyridine rings is 1. The number of carbonyl (C=O) groups excluding carboxylic acids is 1. The maximum absolute atomic E-state index is 12.9. The van der Waals surface area contributed by atoms with E-state index in [-0.39, 0.29) is 17.4 Å². The smallest absolute Gasteiger partial charge is 0.268 e. The molecule has 0 saturated heterocycles. The Balaban J connectivity index is 1.87. The standard InChI is InChI=1S/C20H18N2O3/c1-11-6-8-14(9-7-11)21-19(24)16-18(23)15-5-3-4-13-10-12(2)22(17(13)15)20(16)25/h3-9,12,23H,10H2,1-2H3,(H,21,24). The molecule has 4 rings (SSSR count). The fourth-order valence-corrected chi connectivity index (χ4v) is 3.55. The summed E-state index contributed by atoms with van der Waals surface area (Å²) in [5.41, 5.74) is 2.73. The molecule has 25 heavy (non-hydrogen) atoms. The third-order valence-electron chi connectivity index (χ3n) is 4.78. The van der Waals surface area contributed by atoms with E-state index in [9.17, 15) is 14.7 Å². The third-order valence-corrected chi connectivity index (χ3v) is 4.78. The van der Waals surface area contributed by atoms with Crippen molar-refractivity contribution in [3.05, 3.63) is 69.5 Å². The summed E-state index contributed by atoms with van der Waals surface area (Å²) in [4.78, 5) is 25.6. The van der Waals surface area contributed by atoms with Gasteiger partial charge in [0.15, 0.2) is 0 Å². The van der Waals surface area contributed by atoms with Gasteiger partial charge in [-0.1, -0.05) is 29.8 Å². The molecule has 0 radical (unpaired) electrons. The number of rotatable bonds is 2. The molecule has 2 N–H and O–H groups in total. The molecule has 2 heterocycles. The summed E-state index contributed by atoms with van der Waals surface area (Å²) in [6.45, 7) is 3.90. The first-order valence-corrected chi connectivity index (χ1v) is 8.24. The van der Waals surface area contributed by atoms with Crippen molar-refractivity contribution in [3.63, 3.8) is 0 Å². The Morgan fingerprint density at radius 3 is 2.64 bits per heavy atom. The largest absolute Gasteiger partial charge is 0.506 e. The molecule has 3 aromatic rings. The number of amides is 1. The Morgan fingerprint density at radius 1 is 1.20 bits per heavy atom. The van der Waals surface area contributed by atoms with Gasteiger partial charge in [0.1, 0.15) is 11.3 Å². The quantitative estimate of drug-likeness (QED) is 0.755. The first kappa shape index (κ1) is 15.4. The van der Waals surface area contributed by atoms with Crippen LogP contribution in [0.3, 0.4) is 0 Å². The summed E-state index contributed by atoms with van der Waals surface area (Å²) < 4.78 is 1.62. The molecule has 5 heteroatoms. The maximum Gasteiger partial charge on any atom is 0.268 e. The van der Waals surface area contributed by atoms with Crippen molar-refractivity contribution in [2.75, 3.05) is 5.32 Å². The van der Waals surface area contributed by atoms with Crippen molar-refractivity contribution in [2.24, 2.45) is 0 Å². The van der Waals surface area contributed by atoms with Crippen LogP contribution in [0.4, 0.5) is 5.69 Å². The van der Waals surface area contributed by atoms with E-state index in [0.29, 0.717) is 11.1 Å². The Bertz CT molecular complexity index is 1060. The van der Waals surface area contributed by atoms with Crippen LogP contribution in [0.5, 0.6) is 5.75 Å². The van der Waals surface area contributed by atoms with Crippen LogP contribution in [0.2, 0.25) is 0 Å². The van der Waals surface area contributed by atoms with Gasteiger partial charge in [-0.15, -0.1) is 0 Å². The lowest BCUT2D eigenvalue weighted by Gasteiger charge is -2.14. The number of nitrogens with one attached hydrogen (secondary N) is 1. The number of hydrogen-bond donors (Lipinski definition) is 2. The average molecular weight is 334 g/mol.